The summed E-state index contributed by atoms with van der Waals surface area (Å²) in [6.45, 7) is 12.3. The number of anilines is 1. The third kappa shape index (κ3) is 6.69. The maximum atomic E-state index is 3.52. The minimum absolute atomic E-state index is 0. The molecule has 2 aromatic rings. The summed E-state index contributed by atoms with van der Waals surface area (Å²) in [6.07, 6.45) is 0. The molecule has 1 aliphatic rings. The molecular formula is C22H33Cl2N3. The van der Waals surface area contributed by atoms with Crippen molar-refractivity contribution in [2.24, 2.45) is 5.41 Å². The lowest BCUT2D eigenvalue weighted by molar-refractivity contribution is 0.0862. The summed E-state index contributed by atoms with van der Waals surface area (Å²) in [5, 5.41) is 6.98. The zero-order valence-corrected chi connectivity index (χ0v) is 18.2. The van der Waals surface area contributed by atoms with Gasteiger partial charge in [-0.05, 0) is 28.7 Å². The first-order valence-electron chi connectivity index (χ1n) is 9.36. The van der Waals surface area contributed by atoms with Crippen LogP contribution in [0, 0.1) is 5.41 Å². The molecule has 0 unspecified atom stereocenters. The van der Waals surface area contributed by atoms with E-state index in [1.807, 2.05) is 0 Å². The van der Waals surface area contributed by atoms with Crippen molar-refractivity contribution in [3.05, 3.63) is 65.7 Å². The molecule has 1 saturated heterocycles. The molecule has 1 aliphatic heterocycles. The van der Waals surface area contributed by atoms with Gasteiger partial charge in [-0.3, -0.25) is 4.90 Å². The summed E-state index contributed by atoms with van der Waals surface area (Å²) in [5.41, 5.74) is 4.12. The highest BCUT2D eigenvalue weighted by Gasteiger charge is 2.32. The minimum Gasteiger partial charge on any atom is -0.381 e. The number of rotatable bonds is 5. The maximum absolute atomic E-state index is 3.52. The lowest BCUT2D eigenvalue weighted by Gasteiger charge is -2.42. The summed E-state index contributed by atoms with van der Waals surface area (Å²) < 4.78 is 0. The Kier molecular flexibility index (Phi) is 9.61. The quantitative estimate of drug-likeness (QED) is 0.715. The summed E-state index contributed by atoms with van der Waals surface area (Å²) in [6, 6.07) is 20.0. The summed E-state index contributed by atoms with van der Waals surface area (Å²) >= 11 is 0. The van der Waals surface area contributed by atoms with Gasteiger partial charge in [-0.1, -0.05) is 63.2 Å². The molecule has 3 nitrogen and oxygen atoms in total. The van der Waals surface area contributed by atoms with Crippen LogP contribution in [0.1, 0.15) is 37.9 Å². The lowest BCUT2D eigenvalue weighted by Crippen LogP contribution is -2.48. The summed E-state index contributed by atoms with van der Waals surface area (Å²) in [7, 11) is 0. The fourth-order valence-corrected chi connectivity index (χ4v) is 3.78. The van der Waals surface area contributed by atoms with E-state index in [0.29, 0.717) is 6.04 Å². The SMILES string of the molecule is CC(C)(C)[C@@H](c1ccc(NCc2ccccc2)cc1)N1CCNCC1.Cl.Cl. The highest BCUT2D eigenvalue weighted by Crippen LogP contribution is 2.38. The molecule has 1 heterocycles. The largest absolute Gasteiger partial charge is 0.381 e. The van der Waals surface area contributed by atoms with Crippen molar-refractivity contribution >= 4 is 30.5 Å². The van der Waals surface area contributed by atoms with E-state index in [4.69, 9.17) is 0 Å². The zero-order chi connectivity index (χ0) is 17.7. The van der Waals surface area contributed by atoms with Crippen LogP contribution in [0.5, 0.6) is 0 Å². The third-order valence-electron chi connectivity index (χ3n) is 4.90. The first-order valence-corrected chi connectivity index (χ1v) is 9.36. The summed E-state index contributed by atoms with van der Waals surface area (Å²) in [4.78, 5) is 2.63. The highest BCUT2D eigenvalue weighted by molar-refractivity contribution is 5.85. The monoisotopic (exact) mass is 409 g/mol. The molecule has 3 rings (SSSR count). The first-order chi connectivity index (χ1) is 12.0. The van der Waals surface area contributed by atoms with E-state index in [-0.39, 0.29) is 30.2 Å². The number of benzene rings is 2. The molecule has 0 spiro atoms. The van der Waals surface area contributed by atoms with E-state index in [0.717, 1.165) is 32.7 Å². The molecule has 1 atom stereocenters. The number of hydrogen-bond donors (Lipinski definition) is 2. The molecule has 0 saturated carbocycles. The molecule has 0 aromatic heterocycles. The number of nitrogens with one attached hydrogen (secondary N) is 2. The van der Waals surface area contributed by atoms with E-state index in [1.54, 1.807) is 0 Å². The van der Waals surface area contributed by atoms with Crippen LogP contribution in [0.25, 0.3) is 0 Å². The van der Waals surface area contributed by atoms with Crippen molar-refractivity contribution in [3.8, 4) is 0 Å². The Balaban J connectivity index is 0.00000182. The van der Waals surface area contributed by atoms with Crippen LogP contribution in [0.4, 0.5) is 5.69 Å². The molecule has 5 heteroatoms. The van der Waals surface area contributed by atoms with Gasteiger partial charge in [0.05, 0.1) is 0 Å². The molecule has 0 aliphatic carbocycles. The Morgan fingerprint density at radius 2 is 1.52 bits per heavy atom. The fraction of sp³-hybridized carbons (Fsp3) is 0.455. The highest BCUT2D eigenvalue weighted by atomic mass is 35.5. The van der Waals surface area contributed by atoms with Crippen LogP contribution in [-0.4, -0.2) is 31.1 Å². The van der Waals surface area contributed by atoms with Crippen LogP contribution in [-0.2, 0) is 6.54 Å². The van der Waals surface area contributed by atoms with Crippen LogP contribution in [0.3, 0.4) is 0 Å². The number of hydrogen-bond acceptors (Lipinski definition) is 3. The zero-order valence-electron chi connectivity index (χ0n) is 16.6. The fourth-order valence-electron chi connectivity index (χ4n) is 3.78. The average Bonchev–Trinajstić information content (AvgIpc) is 2.62. The Bertz CT molecular complexity index is 648. The Hall–Kier alpha value is -1.26. The van der Waals surface area contributed by atoms with Gasteiger partial charge >= 0.3 is 0 Å². The molecule has 150 valence electrons. The minimum atomic E-state index is 0. The van der Waals surface area contributed by atoms with E-state index >= 15 is 0 Å². The van der Waals surface area contributed by atoms with Crippen LogP contribution in [0.2, 0.25) is 0 Å². The topological polar surface area (TPSA) is 27.3 Å². The van der Waals surface area contributed by atoms with Crippen molar-refractivity contribution in [1.82, 2.24) is 10.2 Å². The van der Waals surface area contributed by atoms with Crippen molar-refractivity contribution in [2.45, 2.75) is 33.4 Å². The lowest BCUT2D eigenvalue weighted by atomic mass is 9.81. The van der Waals surface area contributed by atoms with Gasteiger partial charge in [-0.15, -0.1) is 24.8 Å². The Morgan fingerprint density at radius 3 is 2.07 bits per heavy atom. The number of halogens is 2. The average molecular weight is 410 g/mol. The Morgan fingerprint density at radius 1 is 0.926 bits per heavy atom. The molecule has 27 heavy (non-hydrogen) atoms. The van der Waals surface area contributed by atoms with Crippen molar-refractivity contribution < 1.29 is 0 Å². The van der Waals surface area contributed by atoms with E-state index < -0.39 is 0 Å². The first kappa shape index (κ1) is 23.8. The van der Waals surface area contributed by atoms with Gasteiger partial charge < -0.3 is 10.6 Å². The smallest absolute Gasteiger partial charge is 0.0400 e. The van der Waals surface area contributed by atoms with E-state index in [2.05, 4.69) is 90.9 Å². The molecule has 2 N–H and O–H groups in total. The molecule has 0 amide bonds. The molecule has 2 aromatic carbocycles. The maximum Gasteiger partial charge on any atom is 0.0400 e. The summed E-state index contributed by atoms with van der Waals surface area (Å²) in [5.74, 6) is 0. The van der Waals surface area contributed by atoms with Crippen LogP contribution >= 0.6 is 24.8 Å². The number of piperazine rings is 1. The van der Waals surface area contributed by atoms with Gasteiger partial charge in [0.25, 0.3) is 0 Å². The molecular weight excluding hydrogens is 377 g/mol. The van der Waals surface area contributed by atoms with Gasteiger partial charge in [0.1, 0.15) is 0 Å². The van der Waals surface area contributed by atoms with Gasteiger partial charge in [-0.2, -0.15) is 0 Å². The van der Waals surface area contributed by atoms with Crippen molar-refractivity contribution in [3.63, 3.8) is 0 Å². The van der Waals surface area contributed by atoms with Crippen molar-refractivity contribution in [2.75, 3.05) is 31.5 Å². The third-order valence-corrected chi connectivity index (χ3v) is 4.90. The predicted octanol–water partition coefficient (Wildman–Crippen LogP) is 5.13. The van der Waals surface area contributed by atoms with Gasteiger partial charge in [-0.25, -0.2) is 0 Å². The van der Waals surface area contributed by atoms with Crippen LogP contribution in [0.15, 0.2) is 54.6 Å². The van der Waals surface area contributed by atoms with Gasteiger partial charge in [0, 0.05) is 44.5 Å². The number of nitrogens with zero attached hydrogens (tertiary/aromatic N) is 1. The standard InChI is InChI=1S/C22H31N3.2ClH/c1-22(2,3)21(25-15-13-23-14-16-25)19-9-11-20(12-10-19)24-17-18-7-5-4-6-8-18;;/h4-12,21,23-24H,13-17H2,1-3H3;2*1H/t21-;;/m1../s1. The van der Waals surface area contributed by atoms with E-state index in [1.165, 1.54) is 16.8 Å². The second-order valence-corrected chi connectivity index (χ2v) is 8.02. The predicted molar refractivity (Wildman–Crippen MR) is 121 cm³/mol. The van der Waals surface area contributed by atoms with Gasteiger partial charge in [0.2, 0.25) is 0 Å². The second kappa shape index (κ2) is 10.9. The van der Waals surface area contributed by atoms with Crippen molar-refractivity contribution in [1.29, 1.82) is 0 Å². The normalized spacial score (nSPS) is 16.0. The molecule has 0 bridgehead atoms. The van der Waals surface area contributed by atoms with Crippen LogP contribution < -0.4 is 10.6 Å². The molecule has 1 fully saturated rings. The van der Waals surface area contributed by atoms with Gasteiger partial charge in [0.15, 0.2) is 0 Å². The molecule has 0 radical (unpaired) electrons. The van der Waals surface area contributed by atoms with E-state index in [9.17, 15) is 0 Å². The second-order valence-electron chi connectivity index (χ2n) is 8.02. The Labute approximate surface area is 176 Å².